The number of phenols is 1. The number of anilines is 2. The van der Waals surface area contributed by atoms with Gasteiger partial charge in [-0.2, -0.15) is 0 Å². The molecule has 2 aromatic carbocycles. The van der Waals surface area contributed by atoms with Crippen LogP contribution >= 0.6 is 22.9 Å². The predicted molar refractivity (Wildman–Crippen MR) is 131 cm³/mol. The maximum absolute atomic E-state index is 13.1. The van der Waals surface area contributed by atoms with Crippen LogP contribution in [0.3, 0.4) is 0 Å². The van der Waals surface area contributed by atoms with Gasteiger partial charge in [0.2, 0.25) is 5.91 Å². The van der Waals surface area contributed by atoms with Crippen LogP contribution in [0.5, 0.6) is 5.75 Å². The summed E-state index contributed by atoms with van der Waals surface area (Å²) in [6.07, 6.45) is 0.220. The molecule has 3 N–H and O–H groups in total. The lowest BCUT2D eigenvalue weighted by atomic mass is 10.0. The SMILES string of the molecule is O=C(NC(Cc1ccc(O)cc1)C(=O)Nc1ccc(N2CCOCC2=O)cc1)c1ccc(Cl)s1. The second kappa shape index (κ2) is 10.7. The van der Waals surface area contributed by atoms with Crippen molar-refractivity contribution in [3.05, 3.63) is 75.4 Å². The molecule has 1 atom stereocenters. The van der Waals surface area contributed by atoms with E-state index in [0.717, 1.165) is 22.6 Å². The number of benzene rings is 2. The van der Waals surface area contributed by atoms with Crippen molar-refractivity contribution < 1.29 is 24.2 Å². The maximum atomic E-state index is 13.1. The largest absolute Gasteiger partial charge is 0.508 e. The average molecular weight is 500 g/mol. The fraction of sp³-hybridized carbons (Fsp3) is 0.208. The molecular weight excluding hydrogens is 478 g/mol. The molecule has 1 aliphatic rings. The molecule has 1 unspecified atom stereocenters. The Bertz CT molecular complexity index is 1180. The Morgan fingerprint density at radius 3 is 2.47 bits per heavy atom. The third-order valence-electron chi connectivity index (χ3n) is 5.23. The van der Waals surface area contributed by atoms with E-state index in [2.05, 4.69) is 10.6 Å². The number of nitrogens with one attached hydrogen (secondary N) is 2. The summed E-state index contributed by atoms with van der Waals surface area (Å²) in [6.45, 7) is 0.989. The number of aromatic hydroxyl groups is 1. The quantitative estimate of drug-likeness (QED) is 0.461. The first kappa shape index (κ1) is 23.7. The number of ether oxygens (including phenoxy) is 1. The number of morpholine rings is 1. The molecule has 1 fully saturated rings. The van der Waals surface area contributed by atoms with Gasteiger partial charge in [-0.25, -0.2) is 0 Å². The second-order valence-corrected chi connectivity index (χ2v) is 9.35. The van der Waals surface area contributed by atoms with Crippen molar-refractivity contribution in [2.45, 2.75) is 12.5 Å². The maximum Gasteiger partial charge on any atom is 0.262 e. The first-order valence-corrected chi connectivity index (χ1v) is 11.7. The van der Waals surface area contributed by atoms with Crippen LogP contribution in [0, 0.1) is 0 Å². The highest BCUT2D eigenvalue weighted by molar-refractivity contribution is 7.18. The van der Waals surface area contributed by atoms with Crippen molar-refractivity contribution in [2.24, 2.45) is 0 Å². The number of hydrogen-bond acceptors (Lipinski definition) is 6. The minimum Gasteiger partial charge on any atom is -0.508 e. The molecule has 0 aliphatic carbocycles. The summed E-state index contributed by atoms with van der Waals surface area (Å²) in [4.78, 5) is 39.9. The van der Waals surface area contributed by atoms with E-state index >= 15 is 0 Å². The monoisotopic (exact) mass is 499 g/mol. The molecular formula is C24H22ClN3O5S. The topological polar surface area (TPSA) is 108 Å². The Labute approximate surface area is 205 Å². The molecule has 3 aromatic rings. The number of phenolic OH excluding ortho intramolecular Hbond substituents is 1. The highest BCUT2D eigenvalue weighted by Gasteiger charge is 2.24. The summed E-state index contributed by atoms with van der Waals surface area (Å²) < 4.78 is 5.63. The number of carbonyl (C=O) groups is 3. The Balaban J connectivity index is 1.48. The fourth-order valence-corrected chi connectivity index (χ4v) is 4.43. The summed E-state index contributed by atoms with van der Waals surface area (Å²) in [6, 6.07) is 15.7. The van der Waals surface area contributed by atoms with Gasteiger partial charge in [-0.15, -0.1) is 11.3 Å². The number of hydrogen-bond donors (Lipinski definition) is 3. The van der Waals surface area contributed by atoms with Crippen LogP contribution in [0.25, 0.3) is 0 Å². The molecule has 2 heterocycles. The smallest absolute Gasteiger partial charge is 0.262 e. The fourth-order valence-electron chi connectivity index (χ4n) is 3.49. The van der Waals surface area contributed by atoms with Crippen molar-refractivity contribution in [1.82, 2.24) is 5.32 Å². The van der Waals surface area contributed by atoms with Crippen molar-refractivity contribution >= 4 is 52.0 Å². The van der Waals surface area contributed by atoms with Crippen molar-refractivity contribution in [3.8, 4) is 5.75 Å². The van der Waals surface area contributed by atoms with E-state index in [1.54, 1.807) is 53.4 Å². The van der Waals surface area contributed by atoms with Gasteiger partial charge in [0.05, 0.1) is 15.8 Å². The zero-order valence-corrected chi connectivity index (χ0v) is 19.6. The second-order valence-electron chi connectivity index (χ2n) is 7.63. The highest BCUT2D eigenvalue weighted by Crippen LogP contribution is 2.22. The van der Waals surface area contributed by atoms with Gasteiger partial charge in [-0.3, -0.25) is 14.4 Å². The molecule has 0 radical (unpaired) electrons. The minimum atomic E-state index is -0.876. The molecule has 3 amide bonds. The third kappa shape index (κ3) is 5.93. The number of amides is 3. The van der Waals surface area contributed by atoms with E-state index in [-0.39, 0.29) is 24.7 Å². The predicted octanol–water partition coefficient (Wildman–Crippen LogP) is 3.45. The summed E-state index contributed by atoms with van der Waals surface area (Å²) in [7, 11) is 0. The molecule has 1 aliphatic heterocycles. The van der Waals surface area contributed by atoms with E-state index in [1.165, 1.54) is 12.1 Å². The van der Waals surface area contributed by atoms with Crippen LogP contribution in [-0.4, -0.2) is 48.6 Å². The van der Waals surface area contributed by atoms with Crippen molar-refractivity contribution in [3.63, 3.8) is 0 Å². The van der Waals surface area contributed by atoms with Gasteiger partial charge in [0.25, 0.3) is 11.8 Å². The molecule has 8 nitrogen and oxygen atoms in total. The summed E-state index contributed by atoms with van der Waals surface area (Å²) in [5, 5.41) is 15.1. The van der Waals surface area contributed by atoms with E-state index in [9.17, 15) is 19.5 Å². The first-order valence-electron chi connectivity index (χ1n) is 10.5. The lowest BCUT2D eigenvalue weighted by molar-refractivity contribution is -0.125. The van der Waals surface area contributed by atoms with Crippen LogP contribution in [-0.2, 0) is 20.7 Å². The number of carbonyl (C=O) groups excluding carboxylic acids is 3. The van der Waals surface area contributed by atoms with Gasteiger partial charge < -0.3 is 25.4 Å². The van der Waals surface area contributed by atoms with Gasteiger partial charge in [-0.05, 0) is 54.1 Å². The lowest BCUT2D eigenvalue weighted by Crippen LogP contribution is -2.45. The summed E-state index contributed by atoms with van der Waals surface area (Å²) in [5.74, 6) is -0.814. The van der Waals surface area contributed by atoms with Crippen LogP contribution in [0.4, 0.5) is 11.4 Å². The number of halogens is 1. The first-order chi connectivity index (χ1) is 16.4. The average Bonchev–Trinajstić information content (AvgIpc) is 3.27. The molecule has 0 saturated carbocycles. The Morgan fingerprint density at radius 2 is 1.82 bits per heavy atom. The van der Waals surface area contributed by atoms with E-state index in [1.807, 2.05) is 0 Å². The van der Waals surface area contributed by atoms with Crippen LogP contribution in [0.2, 0.25) is 4.34 Å². The van der Waals surface area contributed by atoms with Crippen LogP contribution < -0.4 is 15.5 Å². The molecule has 0 bridgehead atoms. The summed E-state index contributed by atoms with van der Waals surface area (Å²) in [5.41, 5.74) is 2.01. The molecule has 4 rings (SSSR count). The molecule has 10 heteroatoms. The molecule has 1 saturated heterocycles. The number of nitrogens with zero attached hydrogens (tertiary/aromatic N) is 1. The third-order valence-corrected chi connectivity index (χ3v) is 6.46. The Morgan fingerprint density at radius 1 is 1.09 bits per heavy atom. The summed E-state index contributed by atoms with van der Waals surface area (Å²) >= 11 is 7.06. The lowest BCUT2D eigenvalue weighted by Gasteiger charge is -2.27. The van der Waals surface area contributed by atoms with Gasteiger partial charge >= 0.3 is 0 Å². The van der Waals surface area contributed by atoms with Gasteiger partial charge in [0.1, 0.15) is 18.4 Å². The molecule has 1 aromatic heterocycles. The number of thiophene rings is 1. The molecule has 34 heavy (non-hydrogen) atoms. The van der Waals surface area contributed by atoms with Crippen molar-refractivity contribution in [1.29, 1.82) is 0 Å². The highest BCUT2D eigenvalue weighted by atomic mass is 35.5. The zero-order valence-electron chi connectivity index (χ0n) is 18.0. The van der Waals surface area contributed by atoms with Gasteiger partial charge in [-0.1, -0.05) is 23.7 Å². The van der Waals surface area contributed by atoms with Crippen molar-refractivity contribution in [2.75, 3.05) is 30.0 Å². The van der Waals surface area contributed by atoms with Crippen LogP contribution in [0.1, 0.15) is 15.2 Å². The zero-order chi connectivity index (χ0) is 24.1. The normalized spacial score (nSPS) is 14.5. The standard InChI is InChI=1S/C24H22ClN3O5S/c25-21-10-9-20(34-21)24(32)27-19(13-15-1-7-18(29)8-2-15)23(31)26-16-3-5-17(6-4-16)28-11-12-33-14-22(28)30/h1-10,19,29H,11-14H2,(H,26,31)(H,27,32). The van der Waals surface area contributed by atoms with Gasteiger partial charge in [0, 0.05) is 24.3 Å². The van der Waals surface area contributed by atoms with Crippen LogP contribution in [0.15, 0.2) is 60.7 Å². The molecule has 176 valence electrons. The minimum absolute atomic E-state index is 0.0482. The van der Waals surface area contributed by atoms with E-state index < -0.39 is 17.9 Å². The number of rotatable bonds is 7. The Kier molecular flexibility index (Phi) is 7.46. The van der Waals surface area contributed by atoms with E-state index in [0.29, 0.717) is 28.1 Å². The Hall–Kier alpha value is -3.40. The van der Waals surface area contributed by atoms with E-state index in [4.69, 9.17) is 16.3 Å². The van der Waals surface area contributed by atoms with Gasteiger partial charge in [0.15, 0.2) is 0 Å². The molecule has 0 spiro atoms.